The van der Waals surface area contributed by atoms with Crippen molar-refractivity contribution in [2.24, 2.45) is 4.99 Å². The minimum absolute atomic E-state index is 0.262. The molecule has 9 heteroatoms. The van der Waals surface area contributed by atoms with Crippen LogP contribution in [-0.4, -0.2) is 38.7 Å². The van der Waals surface area contributed by atoms with E-state index in [4.69, 9.17) is 4.74 Å². The third-order valence-electron chi connectivity index (χ3n) is 4.80. The number of aromatic hydroxyl groups is 1. The van der Waals surface area contributed by atoms with Crippen molar-refractivity contribution in [2.45, 2.75) is 20.3 Å². The largest absolute Gasteiger partial charge is 0.494 e. The molecule has 0 unspecified atom stereocenters. The van der Waals surface area contributed by atoms with Gasteiger partial charge in [0.05, 0.1) is 23.4 Å². The van der Waals surface area contributed by atoms with Gasteiger partial charge >= 0.3 is 5.97 Å². The summed E-state index contributed by atoms with van der Waals surface area (Å²) in [6, 6.07) is 13.3. The van der Waals surface area contributed by atoms with E-state index < -0.39 is 5.97 Å². The van der Waals surface area contributed by atoms with Gasteiger partial charge in [-0.05, 0) is 43.7 Å². The molecule has 0 aliphatic rings. The quantitative estimate of drug-likeness (QED) is 0.352. The molecule has 32 heavy (non-hydrogen) atoms. The Labute approximate surface area is 187 Å². The molecule has 4 aromatic rings. The Balaban J connectivity index is 1.85. The summed E-state index contributed by atoms with van der Waals surface area (Å²) in [5.41, 5.74) is 0.755. The van der Waals surface area contributed by atoms with Crippen LogP contribution in [0, 0.1) is 0 Å². The lowest BCUT2D eigenvalue weighted by molar-refractivity contribution is 0.0526. The van der Waals surface area contributed by atoms with Crippen LogP contribution in [0.5, 0.6) is 5.88 Å². The van der Waals surface area contributed by atoms with Gasteiger partial charge in [-0.15, -0.1) is 10.2 Å². The molecule has 0 aliphatic carbocycles. The smallest absolute Gasteiger partial charge is 0.338 e. The molecular formula is C23H20N4O4S. The van der Waals surface area contributed by atoms with Gasteiger partial charge in [-0.1, -0.05) is 36.5 Å². The Morgan fingerprint density at radius 1 is 1.12 bits per heavy atom. The van der Waals surface area contributed by atoms with Gasteiger partial charge in [0, 0.05) is 17.0 Å². The summed E-state index contributed by atoms with van der Waals surface area (Å²) < 4.78 is 6.19. The van der Waals surface area contributed by atoms with E-state index in [0.717, 1.165) is 11.4 Å². The van der Waals surface area contributed by atoms with Crippen molar-refractivity contribution < 1.29 is 14.6 Å². The van der Waals surface area contributed by atoms with Crippen LogP contribution in [-0.2, 0) is 11.2 Å². The average Bonchev–Trinajstić information content (AvgIpc) is 3.28. The first-order valence-corrected chi connectivity index (χ1v) is 10.9. The van der Waals surface area contributed by atoms with Crippen LogP contribution in [0.2, 0.25) is 0 Å². The van der Waals surface area contributed by atoms with Crippen molar-refractivity contribution in [2.75, 3.05) is 6.61 Å². The predicted octanol–water partition coefficient (Wildman–Crippen LogP) is 4.04. The predicted molar refractivity (Wildman–Crippen MR) is 124 cm³/mol. The third-order valence-corrected chi connectivity index (χ3v) is 5.78. The van der Waals surface area contributed by atoms with Crippen molar-refractivity contribution in [3.8, 4) is 11.6 Å². The summed E-state index contributed by atoms with van der Waals surface area (Å²) in [5.74, 6) is -0.716. The van der Waals surface area contributed by atoms with Gasteiger partial charge in [0.25, 0.3) is 5.56 Å². The molecule has 1 N–H and O–H groups in total. The van der Waals surface area contributed by atoms with Crippen LogP contribution in [0.15, 0.2) is 58.3 Å². The Morgan fingerprint density at radius 3 is 2.50 bits per heavy atom. The van der Waals surface area contributed by atoms with Gasteiger partial charge in [-0.25, -0.2) is 14.4 Å². The number of fused-ring (bicyclic) bond motifs is 1. The van der Waals surface area contributed by atoms with Crippen LogP contribution < -0.4 is 5.56 Å². The average molecular weight is 449 g/mol. The molecule has 0 saturated heterocycles. The van der Waals surface area contributed by atoms with Crippen LogP contribution in [0.3, 0.4) is 0 Å². The highest BCUT2D eigenvalue weighted by atomic mass is 32.1. The third kappa shape index (κ3) is 4.02. The van der Waals surface area contributed by atoms with E-state index >= 15 is 0 Å². The SMILES string of the molecule is CCOC(=O)c1ccc(-n2c(O)c(C=Nc3nnc(CC)s3)c3ccccc3c2=O)cc1. The van der Waals surface area contributed by atoms with Gasteiger partial charge in [0.1, 0.15) is 5.01 Å². The van der Waals surface area contributed by atoms with E-state index in [1.807, 2.05) is 6.92 Å². The highest BCUT2D eigenvalue weighted by Crippen LogP contribution is 2.27. The van der Waals surface area contributed by atoms with Crippen molar-refractivity contribution in [3.05, 3.63) is 75.0 Å². The lowest BCUT2D eigenvalue weighted by Crippen LogP contribution is -2.20. The summed E-state index contributed by atoms with van der Waals surface area (Å²) >= 11 is 1.36. The van der Waals surface area contributed by atoms with Crippen molar-refractivity contribution in [1.82, 2.24) is 14.8 Å². The molecule has 2 heterocycles. The maximum absolute atomic E-state index is 13.2. The van der Waals surface area contributed by atoms with E-state index in [1.165, 1.54) is 22.1 Å². The van der Waals surface area contributed by atoms with Gasteiger partial charge in [0.15, 0.2) is 0 Å². The summed E-state index contributed by atoms with van der Waals surface area (Å²) in [6.07, 6.45) is 2.24. The maximum atomic E-state index is 13.2. The zero-order valence-electron chi connectivity index (χ0n) is 17.5. The number of hydrogen-bond donors (Lipinski definition) is 1. The summed E-state index contributed by atoms with van der Waals surface area (Å²) in [4.78, 5) is 29.5. The van der Waals surface area contributed by atoms with Gasteiger partial charge in [0.2, 0.25) is 11.0 Å². The van der Waals surface area contributed by atoms with E-state index in [1.54, 1.807) is 55.5 Å². The van der Waals surface area contributed by atoms with E-state index in [2.05, 4.69) is 15.2 Å². The molecule has 0 atom stereocenters. The number of carbonyl (C=O) groups excluding carboxylic acids is 1. The minimum atomic E-state index is -0.453. The van der Waals surface area contributed by atoms with Crippen molar-refractivity contribution in [1.29, 1.82) is 0 Å². The first kappa shape index (κ1) is 21.4. The Bertz CT molecular complexity index is 1370. The van der Waals surface area contributed by atoms with Crippen LogP contribution in [0.4, 0.5) is 5.13 Å². The highest BCUT2D eigenvalue weighted by molar-refractivity contribution is 7.14. The Morgan fingerprint density at radius 2 is 1.84 bits per heavy atom. The fourth-order valence-electron chi connectivity index (χ4n) is 3.25. The molecule has 0 amide bonds. The van der Waals surface area contributed by atoms with E-state index in [9.17, 15) is 14.7 Å². The number of nitrogens with zero attached hydrogens (tertiary/aromatic N) is 4. The fourth-order valence-corrected chi connectivity index (χ4v) is 3.87. The topological polar surface area (TPSA) is 107 Å². The molecule has 0 spiro atoms. The van der Waals surface area contributed by atoms with Crippen LogP contribution in [0.1, 0.15) is 34.8 Å². The van der Waals surface area contributed by atoms with Crippen LogP contribution >= 0.6 is 11.3 Å². The number of carbonyl (C=O) groups is 1. The first-order valence-electron chi connectivity index (χ1n) is 10.0. The number of rotatable bonds is 6. The van der Waals surface area contributed by atoms with Crippen molar-refractivity contribution in [3.63, 3.8) is 0 Å². The second-order valence-corrected chi connectivity index (χ2v) is 7.82. The van der Waals surface area contributed by atoms with Gasteiger partial charge < -0.3 is 9.84 Å². The molecule has 0 fully saturated rings. The lowest BCUT2D eigenvalue weighted by Gasteiger charge is -2.14. The number of aryl methyl sites for hydroxylation is 1. The lowest BCUT2D eigenvalue weighted by atomic mass is 10.1. The molecule has 0 bridgehead atoms. The molecule has 4 rings (SSSR count). The zero-order valence-corrected chi connectivity index (χ0v) is 18.3. The number of benzene rings is 2. The Hall–Kier alpha value is -3.85. The second-order valence-electron chi connectivity index (χ2n) is 6.78. The number of esters is 1. The molecule has 0 aliphatic heterocycles. The number of pyridine rings is 1. The molecular weight excluding hydrogens is 428 g/mol. The second kappa shape index (κ2) is 9.11. The zero-order chi connectivity index (χ0) is 22.7. The monoisotopic (exact) mass is 448 g/mol. The van der Waals surface area contributed by atoms with E-state index in [-0.39, 0.29) is 18.0 Å². The number of aliphatic imine (C=N–C) groups is 1. The number of aromatic nitrogens is 3. The molecule has 0 radical (unpaired) electrons. The summed E-state index contributed by atoms with van der Waals surface area (Å²) in [5, 5.41) is 21.4. The fraction of sp³-hybridized carbons (Fsp3) is 0.174. The number of ether oxygens (including phenoxy) is 1. The minimum Gasteiger partial charge on any atom is -0.494 e. The molecule has 0 saturated carbocycles. The Kier molecular flexibility index (Phi) is 6.09. The molecule has 2 aromatic carbocycles. The van der Waals surface area contributed by atoms with Crippen molar-refractivity contribution >= 4 is 39.4 Å². The molecule has 162 valence electrons. The molecule has 8 nitrogen and oxygen atoms in total. The number of hydrogen-bond acceptors (Lipinski definition) is 8. The normalized spacial score (nSPS) is 11.3. The maximum Gasteiger partial charge on any atom is 0.338 e. The van der Waals surface area contributed by atoms with Crippen LogP contribution in [0.25, 0.3) is 16.5 Å². The summed E-state index contributed by atoms with van der Waals surface area (Å²) in [6.45, 7) is 3.98. The summed E-state index contributed by atoms with van der Waals surface area (Å²) in [7, 11) is 0. The molecule has 2 aromatic heterocycles. The first-order chi connectivity index (χ1) is 15.5. The van der Waals surface area contributed by atoms with Gasteiger partial charge in [-0.3, -0.25) is 4.79 Å². The highest BCUT2D eigenvalue weighted by Gasteiger charge is 2.17. The van der Waals surface area contributed by atoms with E-state index in [0.29, 0.717) is 32.7 Å². The van der Waals surface area contributed by atoms with Gasteiger partial charge in [-0.2, -0.15) is 0 Å². The standard InChI is InChI=1S/C23H20N4O4S/c1-3-19-25-26-23(32-19)24-13-18-16-7-5-6-8-17(16)20(28)27(21(18)29)15-11-9-14(10-12-15)22(30)31-4-2/h5-13,29H,3-4H2,1-2H3.